The number of carbonyl (C=O) groups excluding carboxylic acids is 2. The third-order valence-electron chi connectivity index (χ3n) is 6.10. The van der Waals surface area contributed by atoms with Gasteiger partial charge in [-0.2, -0.15) is 0 Å². The summed E-state index contributed by atoms with van der Waals surface area (Å²) in [4.78, 5) is 38.3. The van der Waals surface area contributed by atoms with Gasteiger partial charge in [-0.25, -0.2) is 14.8 Å². The van der Waals surface area contributed by atoms with Crippen LogP contribution < -0.4 is 4.90 Å². The molecule has 0 radical (unpaired) electrons. The second-order valence-corrected chi connectivity index (χ2v) is 9.06. The van der Waals surface area contributed by atoms with Crippen LogP contribution in [0.3, 0.4) is 0 Å². The van der Waals surface area contributed by atoms with E-state index < -0.39 is 6.04 Å². The number of likely N-dealkylation sites (tertiary alicyclic amines) is 1. The van der Waals surface area contributed by atoms with Crippen molar-refractivity contribution in [1.82, 2.24) is 14.9 Å². The number of rotatable bonds is 3. The average molecular weight is 452 g/mol. The molecule has 3 fully saturated rings. The number of fused-ring (bicyclic) bond motifs is 3. The van der Waals surface area contributed by atoms with Crippen LogP contribution in [0.25, 0.3) is 21.6 Å². The first kappa shape index (κ1) is 19.4. The number of phenolic OH excluding ortho intramolecular Hbond substituents is 1. The summed E-state index contributed by atoms with van der Waals surface area (Å²) >= 11 is 1.59. The predicted molar refractivity (Wildman–Crippen MR) is 117 cm³/mol. The zero-order valence-corrected chi connectivity index (χ0v) is 17.9. The van der Waals surface area contributed by atoms with E-state index in [2.05, 4.69) is 9.88 Å². The molecule has 32 heavy (non-hydrogen) atoms. The van der Waals surface area contributed by atoms with Crippen molar-refractivity contribution in [1.29, 1.82) is 0 Å². The van der Waals surface area contributed by atoms with Gasteiger partial charge >= 0.3 is 5.97 Å². The molecule has 1 aromatic carbocycles. The summed E-state index contributed by atoms with van der Waals surface area (Å²) < 4.78 is 11.7. The Bertz CT molecular complexity index is 1240. The molecule has 164 valence electrons. The zero-order valence-electron chi connectivity index (χ0n) is 17.1. The second-order valence-electron chi connectivity index (χ2n) is 8.14. The lowest BCUT2D eigenvalue weighted by Crippen LogP contribution is -2.44. The van der Waals surface area contributed by atoms with Crippen molar-refractivity contribution in [2.24, 2.45) is 0 Å². The summed E-state index contributed by atoms with van der Waals surface area (Å²) in [5.74, 6) is 0.538. The highest BCUT2D eigenvalue weighted by Gasteiger charge is 2.48. The molecule has 3 aliphatic rings. The molecule has 9 nitrogen and oxygen atoms in total. The number of thiophene rings is 1. The summed E-state index contributed by atoms with van der Waals surface area (Å²) in [5, 5.41) is 12.4. The number of hydrogen-bond acceptors (Lipinski definition) is 9. The van der Waals surface area contributed by atoms with Crippen molar-refractivity contribution in [3.63, 3.8) is 0 Å². The molecule has 10 heteroatoms. The molecule has 3 aliphatic heterocycles. The number of hydrogen-bond donors (Lipinski definition) is 1. The van der Waals surface area contributed by atoms with E-state index in [0.717, 1.165) is 29.1 Å². The Morgan fingerprint density at radius 3 is 2.81 bits per heavy atom. The van der Waals surface area contributed by atoms with Gasteiger partial charge in [0.2, 0.25) is 0 Å². The minimum atomic E-state index is -0.551. The third-order valence-corrected chi connectivity index (χ3v) is 7.00. The second kappa shape index (κ2) is 7.42. The molecule has 2 atom stereocenters. The number of nitrogens with zero attached hydrogens (tertiary/aromatic N) is 4. The summed E-state index contributed by atoms with van der Waals surface area (Å²) in [6.45, 7) is 3.12. The van der Waals surface area contributed by atoms with E-state index in [1.165, 1.54) is 11.0 Å². The van der Waals surface area contributed by atoms with Crippen LogP contribution in [0, 0.1) is 0 Å². The maximum Gasteiger partial charge on any atom is 0.329 e. The van der Waals surface area contributed by atoms with E-state index in [1.54, 1.807) is 23.5 Å². The van der Waals surface area contributed by atoms with Gasteiger partial charge in [0, 0.05) is 30.6 Å². The fraction of sp³-hybridized carbons (Fsp3) is 0.364. The van der Waals surface area contributed by atoms with Crippen molar-refractivity contribution in [3.8, 4) is 17.1 Å². The summed E-state index contributed by atoms with van der Waals surface area (Å²) in [7, 11) is 0. The molecule has 0 saturated carbocycles. The Hall–Kier alpha value is -3.24. The lowest BCUT2D eigenvalue weighted by atomic mass is 10.1. The van der Waals surface area contributed by atoms with Crippen LogP contribution in [0.1, 0.15) is 16.8 Å². The van der Waals surface area contributed by atoms with E-state index in [9.17, 15) is 14.7 Å². The molecule has 0 aliphatic carbocycles. The SMILES string of the molecule is O=C1O[C@H]2C[C@@H]1N(C(=O)c1cc(O)cc(-c3nc(N4CCOCC4)c4sccc4n3)c1)C2. The molecule has 0 unspecified atom stereocenters. The highest BCUT2D eigenvalue weighted by molar-refractivity contribution is 7.17. The molecule has 6 rings (SSSR count). The van der Waals surface area contributed by atoms with Crippen LogP contribution >= 0.6 is 11.3 Å². The number of anilines is 1. The van der Waals surface area contributed by atoms with E-state index in [0.29, 0.717) is 43.1 Å². The maximum atomic E-state index is 13.1. The average Bonchev–Trinajstić information content (AvgIpc) is 3.53. The molecule has 3 aromatic rings. The molecule has 0 spiro atoms. The number of esters is 1. The summed E-state index contributed by atoms with van der Waals surface area (Å²) in [6, 6.07) is 6.03. The van der Waals surface area contributed by atoms with Crippen LogP contribution in [-0.2, 0) is 14.3 Å². The quantitative estimate of drug-likeness (QED) is 0.602. The van der Waals surface area contributed by atoms with E-state index in [-0.39, 0.29) is 23.7 Å². The fourth-order valence-electron chi connectivity index (χ4n) is 4.57. The van der Waals surface area contributed by atoms with Crippen LogP contribution in [0.2, 0.25) is 0 Å². The Labute approximate surface area is 187 Å². The fourth-order valence-corrected chi connectivity index (χ4v) is 5.42. The Morgan fingerprint density at radius 2 is 2.03 bits per heavy atom. The normalized spacial score (nSPS) is 22.6. The number of carbonyl (C=O) groups is 2. The number of morpholine rings is 2. The molecule has 2 bridgehead atoms. The van der Waals surface area contributed by atoms with E-state index in [1.807, 2.05) is 11.4 Å². The number of aromatic nitrogens is 2. The van der Waals surface area contributed by atoms with Gasteiger partial charge in [0.15, 0.2) is 11.6 Å². The molecular weight excluding hydrogens is 432 g/mol. The Balaban J connectivity index is 1.39. The summed E-state index contributed by atoms with van der Waals surface area (Å²) in [6.07, 6.45) is 0.283. The first-order valence-electron chi connectivity index (χ1n) is 10.5. The highest BCUT2D eigenvalue weighted by Crippen LogP contribution is 2.34. The monoisotopic (exact) mass is 452 g/mol. The van der Waals surface area contributed by atoms with Gasteiger partial charge < -0.3 is 24.4 Å². The lowest BCUT2D eigenvalue weighted by Gasteiger charge is -2.28. The number of aromatic hydroxyl groups is 1. The van der Waals surface area contributed by atoms with Crippen molar-refractivity contribution in [2.75, 3.05) is 37.7 Å². The first-order valence-corrected chi connectivity index (χ1v) is 11.4. The molecule has 5 heterocycles. The maximum absolute atomic E-state index is 13.1. The van der Waals surface area contributed by atoms with Crippen molar-refractivity contribution in [2.45, 2.75) is 18.6 Å². The zero-order chi connectivity index (χ0) is 21.8. The van der Waals surface area contributed by atoms with Crippen molar-refractivity contribution in [3.05, 3.63) is 35.2 Å². The minimum Gasteiger partial charge on any atom is -0.508 e. The third kappa shape index (κ3) is 3.18. The van der Waals surface area contributed by atoms with Crippen LogP contribution in [0.15, 0.2) is 29.6 Å². The molecular formula is C22H20N4O5S. The lowest BCUT2D eigenvalue weighted by molar-refractivity contribution is -0.149. The summed E-state index contributed by atoms with van der Waals surface area (Å²) in [5.41, 5.74) is 1.66. The highest BCUT2D eigenvalue weighted by atomic mass is 32.1. The standard InChI is InChI=1S/C22H20N4O5S/c27-14-8-12(7-13(9-14)21(28)26-11-15-10-17(26)22(29)31-15)19-23-16-1-6-32-18(16)20(24-19)25-2-4-30-5-3-25/h1,6-9,15,17,27H,2-5,10-11H2/t15-,17-/m0/s1. The van der Waals surface area contributed by atoms with Crippen LogP contribution in [-0.4, -0.2) is 76.8 Å². The minimum absolute atomic E-state index is 0.0558. The van der Waals surface area contributed by atoms with Gasteiger partial charge in [0.1, 0.15) is 17.9 Å². The molecule has 1 N–H and O–H groups in total. The van der Waals surface area contributed by atoms with Crippen LogP contribution in [0.5, 0.6) is 5.75 Å². The Morgan fingerprint density at radius 1 is 1.19 bits per heavy atom. The number of benzene rings is 1. The van der Waals surface area contributed by atoms with Gasteiger partial charge in [0.25, 0.3) is 5.91 Å². The van der Waals surface area contributed by atoms with Gasteiger partial charge in [-0.05, 0) is 29.6 Å². The van der Waals surface area contributed by atoms with Gasteiger partial charge in [-0.1, -0.05) is 0 Å². The van der Waals surface area contributed by atoms with Crippen molar-refractivity contribution < 1.29 is 24.2 Å². The first-order chi connectivity index (χ1) is 15.6. The van der Waals surface area contributed by atoms with Gasteiger partial charge in [-0.15, -0.1) is 11.3 Å². The largest absolute Gasteiger partial charge is 0.508 e. The molecule has 2 aromatic heterocycles. The van der Waals surface area contributed by atoms with E-state index >= 15 is 0 Å². The molecule has 3 saturated heterocycles. The van der Waals surface area contributed by atoms with E-state index in [4.69, 9.17) is 14.5 Å². The van der Waals surface area contributed by atoms with Gasteiger partial charge in [0.05, 0.1) is 30.0 Å². The number of phenols is 1. The van der Waals surface area contributed by atoms with Crippen molar-refractivity contribution >= 4 is 39.2 Å². The Kier molecular flexibility index (Phi) is 4.51. The van der Waals surface area contributed by atoms with Crippen LogP contribution in [0.4, 0.5) is 5.82 Å². The molecule has 1 amide bonds. The topological polar surface area (TPSA) is 105 Å². The number of amides is 1. The van der Waals surface area contributed by atoms with Gasteiger partial charge in [-0.3, -0.25) is 4.79 Å². The smallest absolute Gasteiger partial charge is 0.329 e. The predicted octanol–water partition coefficient (Wildman–Crippen LogP) is 2.04. The number of ether oxygens (including phenoxy) is 2.